The summed E-state index contributed by atoms with van der Waals surface area (Å²) in [5.41, 5.74) is 5.14. The van der Waals surface area contributed by atoms with Crippen molar-refractivity contribution < 1.29 is 9.53 Å². The first kappa shape index (κ1) is 12.5. The monoisotopic (exact) mass is 214 g/mol. The molecule has 1 aliphatic heterocycles. The molecule has 0 aromatic rings. The summed E-state index contributed by atoms with van der Waals surface area (Å²) in [7, 11) is 1.59. The zero-order chi connectivity index (χ0) is 11.5. The lowest BCUT2D eigenvalue weighted by Gasteiger charge is -2.36. The maximum atomic E-state index is 12.1. The molecule has 1 rings (SSSR count). The maximum absolute atomic E-state index is 12.1. The predicted octanol–water partition coefficient (Wildman–Crippen LogP) is 0.751. The van der Waals surface area contributed by atoms with E-state index in [0.29, 0.717) is 6.42 Å². The highest BCUT2D eigenvalue weighted by molar-refractivity contribution is 5.84. The second-order valence-corrected chi connectivity index (χ2v) is 4.42. The smallest absolute Gasteiger partial charge is 0.254 e. The van der Waals surface area contributed by atoms with Crippen molar-refractivity contribution in [2.45, 2.75) is 44.8 Å². The third kappa shape index (κ3) is 2.69. The zero-order valence-electron chi connectivity index (χ0n) is 9.95. The second-order valence-electron chi connectivity index (χ2n) is 4.42. The first-order valence-corrected chi connectivity index (χ1v) is 5.63. The van der Waals surface area contributed by atoms with Crippen molar-refractivity contribution in [1.82, 2.24) is 4.90 Å². The molecule has 2 N–H and O–H groups in total. The SMILES string of the molecule is CCC(C)(OC)C(=O)N1CCC(N)CC1. The van der Waals surface area contributed by atoms with Crippen molar-refractivity contribution in [2.24, 2.45) is 5.73 Å². The third-order valence-corrected chi connectivity index (χ3v) is 3.40. The summed E-state index contributed by atoms with van der Waals surface area (Å²) >= 11 is 0. The third-order valence-electron chi connectivity index (χ3n) is 3.40. The summed E-state index contributed by atoms with van der Waals surface area (Å²) in [6.07, 6.45) is 2.50. The number of hydrogen-bond acceptors (Lipinski definition) is 3. The summed E-state index contributed by atoms with van der Waals surface area (Å²) in [5.74, 6) is 0.0967. The Morgan fingerprint density at radius 1 is 1.53 bits per heavy atom. The van der Waals surface area contributed by atoms with Crippen LogP contribution in [0.1, 0.15) is 33.1 Å². The van der Waals surface area contributed by atoms with Gasteiger partial charge in [0.05, 0.1) is 0 Å². The molecule has 0 aromatic heterocycles. The minimum absolute atomic E-state index is 0.0967. The average molecular weight is 214 g/mol. The number of amides is 1. The highest BCUT2D eigenvalue weighted by Crippen LogP contribution is 2.20. The molecule has 88 valence electrons. The Balaban J connectivity index is 2.60. The number of hydrogen-bond donors (Lipinski definition) is 1. The lowest BCUT2D eigenvalue weighted by atomic mass is 9.98. The molecule has 4 nitrogen and oxygen atoms in total. The molecular formula is C11H22N2O2. The molecule has 4 heteroatoms. The van der Waals surface area contributed by atoms with Crippen molar-refractivity contribution in [3.63, 3.8) is 0 Å². The van der Waals surface area contributed by atoms with Crippen LogP contribution in [-0.2, 0) is 9.53 Å². The molecular weight excluding hydrogens is 192 g/mol. The van der Waals surface area contributed by atoms with Crippen molar-refractivity contribution in [2.75, 3.05) is 20.2 Å². The Labute approximate surface area is 91.8 Å². The van der Waals surface area contributed by atoms with Crippen molar-refractivity contribution in [1.29, 1.82) is 0 Å². The van der Waals surface area contributed by atoms with Crippen LogP contribution in [0, 0.1) is 0 Å². The molecule has 1 amide bonds. The van der Waals surface area contributed by atoms with E-state index >= 15 is 0 Å². The van der Waals surface area contributed by atoms with E-state index in [9.17, 15) is 4.79 Å². The van der Waals surface area contributed by atoms with Crippen molar-refractivity contribution >= 4 is 5.91 Å². The van der Waals surface area contributed by atoms with Gasteiger partial charge in [-0.15, -0.1) is 0 Å². The van der Waals surface area contributed by atoms with E-state index in [1.165, 1.54) is 0 Å². The number of methoxy groups -OCH3 is 1. The van der Waals surface area contributed by atoms with Crippen LogP contribution in [0.2, 0.25) is 0 Å². The van der Waals surface area contributed by atoms with Crippen LogP contribution in [0.3, 0.4) is 0 Å². The van der Waals surface area contributed by atoms with E-state index in [2.05, 4.69) is 0 Å². The normalized spacial score (nSPS) is 22.5. The number of nitrogens with two attached hydrogens (primary N) is 1. The molecule has 1 atom stereocenters. The van der Waals surface area contributed by atoms with Gasteiger partial charge in [-0.05, 0) is 26.2 Å². The van der Waals surface area contributed by atoms with Gasteiger partial charge in [0.25, 0.3) is 5.91 Å². The molecule has 15 heavy (non-hydrogen) atoms. The molecule has 0 bridgehead atoms. The molecule has 0 spiro atoms. The van der Waals surface area contributed by atoms with E-state index < -0.39 is 5.60 Å². The largest absolute Gasteiger partial charge is 0.369 e. The molecule has 1 heterocycles. The molecule has 1 aliphatic rings. The van der Waals surface area contributed by atoms with Gasteiger partial charge >= 0.3 is 0 Å². The van der Waals surface area contributed by atoms with Crippen LogP contribution >= 0.6 is 0 Å². The highest BCUT2D eigenvalue weighted by atomic mass is 16.5. The van der Waals surface area contributed by atoms with Gasteiger partial charge in [-0.3, -0.25) is 4.79 Å². The van der Waals surface area contributed by atoms with Gasteiger partial charge in [-0.25, -0.2) is 0 Å². The fourth-order valence-corrected chi connectivity index (χ4v) is 1.82. The van der Waals surface area contributed by atoms with E-state index in [1.54, 1.807) is 7.11 Å². The molecule has 0 saturated carbocycles. The number of carbonyl (C=O) groups is 1. The number of nitrogens with zero attached hydrogens (tertiary/aromatic N) is 1. The summed E-state index contributed by atoms with van der Waals surface area (Å²) in [6, 6.07) is 0.254. The molecule has 0 aliphatic carbocycles. The Morgan fingerprint density at radius 2 is 2.07 bits per heavy atom. The van der Waals surface area contributed by atoms with Crippen LogP contribution in [0.15, 0.2) is 0 Å². The molecule has 1 unspecified atom stereocenters. The van der Waals surface area contributed by atoms with Crippen molar-refractivity contribution in [3.05, 3.63) is 0 Å². The average Bonchev–Trinajstić information content (AvgIpc) is 2.28. The summed E-state index contributed by atoms with van der Waals surface area (Å²) in [5, 5.41) is 0. The van der Waals surface area contributed by atoms with Crippen LogP contribution in [0.5, 0.6) is 0 Å². The molecule has 1 saturated heterocycles. The van der Waals surface area contributed by atoms with Gasteiger partial charge in [0.15, 0.2) is 0 Å². The number of piperidine rings is 1. The number of rotatable bonds is 3. The standard InChI is InChI=1S/C11H22N2O2/c1-4-11(2,15-3)10(14)13-7-5-9(12)6-8-13/h9H,4-8,12H2,1-3H3. The van der Waals surface area contributed by atoms with Crippen LogP contribution in [0.4, 0.5) is 0 Å². The molecule has 0 aromatic carbocycles. The Hall–Kier alpha value is -0.610. The van der Waals surface area contributed by atoms with Crippen LogP contribution in [0.25, 0.3) is 0 Å². The van der Waals surface area contributed by atoms with Gasteiger partial charge < -0.3 is 15.4 Å². The Bertz CT molecular complexity index is 219. The number of likely N-dealkylation sites (tertiary alicyclic amines) is 1. The lowest BCUT2D eigenvalue weighted by Crippen LogP contribution is -2.52. The maximum Gasteiger partial charge on any atom is 0.254 e. The Kier molecular flexibility index (Phi) is 4.11. The fourth-order valence-electron chi connectivity index (χ4n) is 1.82. The van der Waals surface area contributed by atoms with Gasteiger partial charge in [0.1, 0.15) is 5.60 Å². The summed E-state index contributed by atoms with van der Waals surface area (Å²) in [6.45, 7) is 5.35. The summed E-state index contributed by atoms with van der Waals surface area (Å²) in [4.78, 5) is 14.0. The molecule has 0 radical (unpaired) electrons. The van der Waals surface area contributed by atoms with E-state index in [4.69, 9.17) is 10.5 Å². The Morgan fingerprint density at radius 3 is 2.47 bits per heavy atom. The molecule has 1 fully saturated rings. The zero-order valence-corrected chi connectivity index (χ0v) is 9.95. The second kappa shape index (κ2) is 4.94. The lowest BCUT2D eigenvalue weighted by molar-refractivity contribution is -0.154. The van der Waals surface area contributed by atoms with E-state index in [-0.39, 0.29) is 11.9 Å². The predicted molar refractivity (Wildman–Crippen MR) is 59.5 cm³/mol. The first-order valence-electron chi connectivity index (χ1n) is 5.63. The number of ether oxygens (including phenoxy) is 1. The topological polar surface area (TPSA) is 55.6 Å². The fraction of sp³-hybridized carbons (Fsp3) is 0.909. The van der Waals surface area contributed by atoms with Gasteiger partial charge in [0, 0.05) is 26.2 Å². The highest BCUT2D eigenvalue weighted by Gasteiger charge is 2.36. The van der Waals surface area contributed by atoms with E-state index in [0.717, 1.165) is 25.9 Å². The van der Waals surface area contributed by atoms with Crippen LogP contribution in [-0.4, -0.2) is 42.6 Å². The van der Waals surface area contributed by atoms with Gasteiger partial charge in [0.2, 0.25) is 0 Å². The van der Waals surface area contributed by atoms with E-state index in [1.807, 2.05) is 18.7 Å². The van der Waals surface area contributed by atoms with Gasteiger partial charge in [-0.2, -0.15) is 0 Å². The minimum atomic E-state index is -0.665. The van der Waals surface area contributed by atoms with Crippen LogP contribution < -0.4 is 5.73 Å². The number of carbonyl (C=O) groups excluding carboxylic acids is 1. The first-order chi connectivity index (χ1) is 7.03. The summed E-state index contributed by atoms with van der Waals surface area (Å²) < 4.78 is 5.31. The van der Waals surface area contributed by atoms with Crippen molar-refractivity contribution in [3.8, 4) is 0 Å². The quantitative estimate of drug-likeness (QED) is 0.754. The van der Waals surface area contributed by atoms with Gasteiger partial charge in [-0.1, -0.05) is 6.92 Å². The minimum Gasteiger partial charge on any atom is -0.369 e.